The summed E-state index contributed by atoms with van der Waals surface area (Å²) in [7, 11) is 1.59. The predicted molar refractivity (Wildman–Crippen MR) is 104 cm³/mol. The molecule has 1 fully saturated rings. The minimum Gasteiger partial charge on any atom is -0.496 e. The Kier molecular flexibility index (Phi) is 4.59. The van der Waals surface area contributed by atoms with E-state index < -0.39 is 0 Å². The van der Waals surface area contributed by atoms with E-state index in [1.807, 2.05) is 30.3 Å². The summed E-state index contributed by atoms with van der Waals surface area (Å²) in [6.07, 6.45) is 2.47. The van der Waals surface area contributed by atoms with E-state index in [0.717, 1.165) is 24.6 Å². The second kappa shape index (κ2) is 7.04. The molecule has 2 heterocycles. The molecule has 1 atom stereocenters. The summed E-state index contributed by atoms with van der Waals surface area (Å²) in [5.41, 5.74) is 2.20. The molecule has 7 heteroatoms. The second-order valence-corrected chi connectivity index (χ2v) is 6.98. The van der Waals surface area contributed by atoms with Crippen LogP contribution in [0.3, 0.4) is 0 Å². The molecule has 0 saturated carbocycles. The average molecular weight is 369 g/mol. The molecule has 132 valence electrons. The SMILES string of the molecule is COc1ccccc1C(=O)B1CCC(Nc2nc3ccc(Cl)cc3o2)C1. The number of methoxy groups -OCH3 is 1. The quantitative estimate of drug-likeness (QED) is 0.667. The van der Waals surface area contributed by atoms with E-state index in [4.69, 9.17) is 20.8 Å². The van der Waals surface area contributed by atoms with Gasteiger partial charge in [0, 0.05) is 22.7 Å². The molecule has 1 aromatic heterocycles. The summed E-state index contributed by atoms with van der Waals surface area (Å²) in [5, 5.41) is 3.92. The lowest BCUT2D eigenvalue weighted by Gasteiger charge is -2.11. The van der Waals surface area contributed by atoms with Crippen molar-refractivity contribution in [3.63, 3.8) is 0 Å². The smallest absolute Gasteiger partial charge is 0.295 e. The fourth-order valence-corrected chi connectivity index (χ4v) is 3.72. The number of carbonyl (C=O) groups excluding carboxylic acids is 1. The second-order valence-electron chi connectivity index (χ2n) is 6.55. The predicted octanol–water partition coefficient (Wildman–Crippen LogP) is 4.59. The Morgan fingerprint density at radius 1 is 1.35 bits per heavy atom. The fraction of sp³-hybridized carbons (Fsp3) is 0.263. The van der Waals surface area contributed by atoms with Crippen LogP contribution in [0.4, 0.5) is 6.01 Å². The first kappa shape index (κ1) is 17.0. The summed E-state index contributed by atoms with van der Waals surface area (Å²) in [4.78, 5) is 17.3. The molecule has 1 unspecified atom stereocenters. The summed E-state index contributed by atoms with van der Waals surface area (Å²) >= 11 is 5.98. The van der Waals surface area contributed by atoms with Gasteiger partial charge in [0.15, 0.2) is 5.58 Å². The van der Waals surface area contributed by atoms with E-state index in [-0.39, 0.29) is 18.4 Å². The number of rotatable bonds is 5. The third kappa shape index (κ3) is 3.29. The molecule has 3 aromatic rings. The van der Waals surface area contributed by atoms with Crippen LogP contribution in [0.15, 0.2) is 46.9 Å². The highest BCUT2D eigenvalue weighted by Crippen LogP contribution is 2.30. The number of nitrogens with zero attached hydrogens (tertiary/aromatic N) is 1. The highest BCUT2D eigenvalue weighted by molar-refractivity contribution is 6.93. The molecule has 2 aromatic carbocycles. The van der Waals surface area contributed by atoms with Crippen molar-refractivity contribution >= 4 is 41.1 Å². The van der Waals surface area contributed by atoms with Crippen molar-refractivity contribution in [1.82, 2.24) is 4.98 Å². The van der Waals surface area contributed by atoms with Gasteiger partial charge in [0.05, 0.1) is 7.11 Å². The Balaban J connectivity index is 1.45. The minimum absolute atomic E-state index is 0.0253. The van der Waals surface area contributed by atoms with E-state index in [1.54, 1.807) is 19.2 Å². The minimum atomic E-state index is -0.0253. The Morgan fingerprint density at radius 3 is 3.04 bits per heavy atom. The summed E-state index contributed by atoms with van der Waals surface area (Å²) < 4.78 is 11.0. The molecular formula is C19H18BClN2O3. The highest BCUT2D eigenvalue weighted by atomic mass is 35.5. The van der Waals surface area contributed by atoms with Crippen molar-refractivity contribution in [3.8, 4) is 5.75 Å². The topological polar surface area (TPSA) is 64.4 Å². The molecular weight excluding hydrogens is 350 g/mol. The van der Waals surface area contributed by atoms with Gasteiger partial charge in [0.1, 0.15) is 16.9 Å². The van der Waals surface area contributed by atoms with Gasteiger partial charge in [-0.1, -0.05) is 30.1 Å². The van der Waals surface area contributed by atoms with Crippen LogP contribution < -0.4 is 10.1 Å². The van der Waals surface area contributed by atoms with Crippen LogP contribution in [0.1, 0.15) is 16.8 Å². The van der Waals surface area contributed by atoms with Crippen molar-refractivity contribution in [1.29, 1.82) is 0 Å². The maximum atomic E-state index is 12.8. The molecule has 0 amide bonds. The normalized spacial score (nSPS) is 16.8. The van der Waals surface area contributed by atoms with Crippen LogP contribution >= 0.6 is 11.6 Å². The van der Waals surface area contributed by atoms with Gasteiger partial charge in [0.25, 0.3) is 6.01 Å². The molecule has 1 N–H and O–H groups in total. The molecule has 5 nitrogen and oxygen atoms in total. The summed E-state index contributed by atoms with van der Waals surface area (Å²) in [6, 6.07) is 13.4. The van der Waals surface area contributed by atoms with Gasteiger partial charge in [-0.05, 0) is 37.0 Å². The number of benzene rings is 2. The number of anilines is 1. The first-order valence-corrected chi connectivity index (χ1v) is 9.01. The van der Waals surface area contributed by atoms with E-state index in [9.17, 15) is 4.79 Å². The third-order valence-corrected chi connectivity index (χ3v) is 5.09. The lowest BCUT2D eigenvalue weighted by atomic mass is 9.44. The number of ether oxygens (including phenoxy) is 1. The molecule has 26 heavy (non-hydrogen) atoms. The molecule has 1 aliphatic rings. The van der Waals surface area contributed by atoms with Gasteiger partial charge in [-0.2, -0.15) is 4.98 Å². The molecule has 4 rings (SSSR count). The van der Waals surface area contributed by atoms with E-state index in [0.29, 0.717) is 27.9 Å². The Morgan fingerprint density at radius 2 is 2.19 bits per heavy atom. The number of halogens is 1. The van der Waals surface area contributed by atoms with Crippen molar-refractivity contribution in [3.05, 3.63) is 53.1 Å². The monoisotopic (exact) mass is 368 g/mol. The molecule has 0 radical (unpaired) electrons. The first-order chi connectivity index (χ1) is 12.6. The summed E-state index contributed by atoms with van der Waals surface area (Å²) in [5.74, 6) is 0.629. The number of carbonyl (C=O) groups is 1. The zero-order valence-electron chi connectivity index (χ0n) is 14.4. The van der Waals surface area contributed by atoms with Crippen LogP contribution in [-0.2, 0) is 0 Å². The summed E-state index contributed by atoms with van der Waals surface area (Å²) in [6.45, 7) is -0.0253. The Hall–Kier alpha value is -2.47. The Bertz CT molecular complexity index is 959. The van der Waals surface area contributed by atoms with Gasteiger partial charge < -0.3 is 19.3 Å². The van der Waals surface area contributed by atoms with Gasteiger partial charge in [-0.3, -0.25) is 0 Å². The fourth-order valence-electron chi connectivity index (χ4n) is 3.55. The van der Waals surface area contributed by atoms with Crippen LogP contribution in [0, 0.1) is 0 Å². The molecule has 0 bridgehead atoms. The van der Waals surface area contributed by atoms with Crippen molar-refractivity contribution in [2.24, 2.45) is 0 Å². The van der Waals surface area contributed by atoms with Gasteiger partial charge in [0.2, 0.25) is 6.71 Å². The number of fused-ring (bicyclic) bond motifs is 1. The van der Waals surface area contributed by atoms with Gasteiger partial charge >= 0.3 is 0 Å². The van der Waals surface area contributed by atoms with Crippen LogP contribution in [0.2, 0.25) is 17.7 Å². The molecule has 0 aliphatic carbocycles. The number of oxazole rings is 1. The standard InChI is InChI=1S/C19H18BClN2O3/c1-25-16-5-3-2-4-14(16)18(24)20-9-8-13(11-20)22-19-23-15-7-6-12(21)10-17(15)26-19/h2-7,10,13H,8-9,11H2,1H3,(H,22,23). The zero-order valence-corrected chi connectivity index (χ0v) is 15.1. The van der Waals surface area contributed by atoms with E-state index >= 15 is 0 Å². The zero-order chi connectivity index (χ0) is 18.1. The van der Waals surface area contributed by atoms with Gasteiger partial charge in [-0.15, -0.1) is 0 Å². The molecule has 1 saturated heterocycles. The number of aromatic nitrogens is 1. The number of para-hydroxylation sites is 1. The lowest BCUT2D eigenvalue weighted by Crippen LogP contribution is -2.25. The van der Waals surface area contributed by atoms with E-state index in [2.05, 4.69) is 10.3 Å². The maximum Gasteiger partial charge on any atom is 0.295 e. The van der Waals surface area contributed by atoms with Crippen molar-refractivity contribution in [2.75, 3.05) is 12.4 Å². The van der Waals surface area contributed by atoms with Crippen LogP contribution in [0.5, 0.6) is 5.75 Å². The molecule has 0 spiro atoms. The lowest BCUT2D eigenvalue weighted by molar-refractivity contribution is 0.106. The van der Waals surface area contributed by atoms with Gasteiger partial charge in [-0.25, -0.2) is 0 Å². The highest BCUT2D eigenvalue weighted by Gasteiger charge is 2.35. The largest absolute Gasteiger partial charge is 0.496 e. The Labute approximate surface area is 156 Å². The first-order valence-electron chi connectivity index (χ1n) is 8.64. The number of nitrogens with one attached hydrogen (secondary N) is 1. The van der Waals surface area contributed by atoms with Crippen molar-refractivity contribution in [2.45, 2.75) is 25.1 Å². The average Bonchev–Trinajstić information content (AvgIpc) is 3.27. The number of hydrogen-bond acceptors (Lipinski definition) is 5. The molecule has 1 aliphatic heterocycles. The van der Waals surface area contributed by atoms with Crippen LogP contribution in [0.25, 0.3) is 11.1 Å². The number of hydrogen-bond donors (Lipinski definition) is 1. The van der Waals surface area contributed by atoms with Crippen molar-refractivity contribution < 1.29 is 13.9 Å². The van der Waals surface area contributed by atoms with Crippen LogP contribution in [-0.4, -0.2) is 30.5 Å². The maximum absolute atomic E-state index is 12.8. The van der Waals surface area contributed by atoms with E-state index in [1.165, 1.54) is 0 Å². The third-order valence-electron chi connectivity index (χ3n) is 4.85.